The molecule has 1 aliphatic carbocycles. The Kier molecular flexibility index (Phi) is 14.3. The summed E-state index contributed by atoms with van der Waals surface area (Å²) in [5.41, 5.74) is 1.41. The van der Waals surface area contributed by atoms with E-state index in [0.717, 1.165) is 83.4 Å². The van der Waals surface area contributed by atoms with Crippen LogP contribution in [0, 0.1) is 17.2 Å². The van der Waals surface area contributed by atoms with Gasteiger partial charge in [-0.1, -0.05) is 6.08 Å². The van der Waals surface area contributed by atoms with Gasteiger partial charge in [-0.25, -0.2) is 23.0 Å². The van der Waals surface area contributed by atoms with Crippen LogP contribution in [0.25, 0.3) is 0 Å². The van der Waals surface area contributed by atoms with Crippen molar-refractivity contribution >= 4 is 23.9 Å². The van der Waals surface area contributed by atoms with E-state index in [4.69, 9.17) is 9.72 Å². The molecule has 0 N–H and O–H groups in total. The highest BCUT2D eigenvalue weighted by Crippen LogP contribution is 2.53. The lowest BCUT2D eigenvalue weighted by Crippen LogP contribution is -2.47. The van der Waals surface area contributed by atoms with E-state index in [1.165, 1.54) is 50.8 Å². The largest absolute Gasteiger partial charge is 0.453 e. The van der Waals surface area contributed by atoms with Crippen LogP contribution in [-0.4, -0.2) is 142 Å². The van der Waals surface area contributed by atoms with E-state index < -0.39 is 5.82 Å². The maximum atomic E-state index is 14.5. The summed E-state index contributed by atoms with van der Waals surface area (Å²) in [6.07, 6.45) is 15.1. The molecule has 1 atom stereocenters. The number of piperidine rings is 2. The minimum atomic E-state index is -0.471. The second kappa shape index (κ2) is 18.9. The molecule has 2 amide bonds. The van der Waals surface area contributed by atoms with Crippen molar-refractivity contribution in [2.24, 2.45) is 11.3 Å². The highest BCUT2D eigenvalue weighted by Gasteiger charge is 2.43. The molecule has 1 spiro atoms. The average Bonchev–Trinajstić information content (AvgIpc) is 3.57. The third-order valence-electron chi connectivity index (χ3n) is 12.1. The van der Waals surface area contributed by atoms with E-state index in [9.17, 15) is 14.0 Å². The van der Waals surface area contributed by atoms with Gasteiger partial charge in [-0.3, -0.25) is 9.59 Å². The number of nitrogens with zero attached hydrogens (tertiary/aromatic N) is 8. The summed E-state index contributed by atoms with van der Waals surface area (Å²) >= 11 is 1.88. The van der Waals surface area contributed by atoms with Crippen LogP contribution in [0.3, 0.4) is 0 Å². The van der Waals surface area contributed by atoms with Crippen molar-refractivity contribution in [3.63, 3.8) is 0 Å². The van der Waals surface area contributed by atoms with Gasteiger partial charge in [0.2, 0.25) is 5.91 Å². The molecule has 0 bridgehead atoms. The van der Waals surface area contributed by atoms with Crippen molar-refractivity contribution in [1.82, 2.24) is 38.2 Å². The van der Waals surface area contributed by atoms with Crippen molar-refractivity contribution in [3.8, 4) is 11.5 Å². The zero-order valence-corrected chi connectivity index (χ0v) is 34.8. The number of benzene rings is 1. The number of piperazine rings is 1. The molecule has 1 saturated carbocycles. The number of carbonyl (C=O) groups is 2. The van der Waals surface area contributed by atoms with E-state index in [0.29, 0.717) is 16.9 Å². The number of hydrogen-bond acceptors (Lipinski definition) is 10. The number of amides is 2. The van der Waals surface area contributed by atoms with Crippen LogP contribution in [-0.2, 0) is 4.79 Å². The molecule has 3 aliphatic heterocycles. The first-order valence-corrected chi connectivity index (χ1v) is 21.2. The number of ether oxygens (including phenoxy) is 1. The Labute approximate surface area is 332 Å². The zero-order chi connectivity index (χ0) is 39.1. The molecule has 1 aromatic heterocycles. The van der Waals surface area contributed by atoms with E-state index >= 15 is 0 Å². The maximum Gasteiger partial charge on any atom is 0.258 e. The third-order valence-corrected chi connectivity index (χ3v) is 13.2. The van der Waals surface area contributed by atoms with Crippen LogP contribution in [0.15, 0.2) is 42.9 Å². The highest BCUT2D eigenvalue weighted by atomic mass is 32.2. The summed E-state index contributed by atoms with van der Waals surface area (Å²) in [7, 11) is 4.01. The Bertz CT molecular complexity index is 1610. The first-order chi connectivity index (χ1) is 26.4. The quantitative estimate of drug-likeness (QED) is 0.165. The molecule has 1 aromatic carbocycles. The lowest BCUT2D eigenvalue weighted by molar-refractivity contribution is -0.127. The number of rotatable bonds is 13. The SMILES string of the molecule is CC(C)N(C(=O)c1cc(F)ccc1Oc1cncnc1C1CCC2(CCN(CC3CCN(SN4CCN(C(=O)/C=C/CN(C)C)CC4)CC3)CC2)C1)C(C)C. The lowest BCUT2D eigenvalue weighted by atomic mass is 9.76. The Morgan fingerprint density at radius 3 is 2.31 bits per heavy atom. The molecule has 6 rings (SSSR count). The molecule has 4 heterocycles. The summed E-state index contributed by atoms with van der Waals surface area (Å²) in [5.74, 6) is 1.27. The van der Waals surface area contributed by atoms with Gasteiger partial charge in [-0.05, 0) is 129 Å². The summed E-state index contributed by atoms with van der Waals surface area (Å²) in [6, 6.07) is 4.08. The van der Waals surface area contributed by atoms with Crippen molar-refractivity contribution in [2.45, 2.75) is 90.6 Å². The van der Waals surface area contributed by atoms with Gasteiger partial charge in [0.1, 0.15) is 17.9 Å². The van der Waals surface area contributed by atoms with Crippen LogP contribution in [0.4, 0.5) is 4.39 Å². The minimum absolute atomic E-state index is 0.0449. The highest BCUT2D eigenvalue weighted by molar-refractivity contribution is 7.94. The number of halogens is 1. The molecule has 302 valence electrons. The van der Waals surface area contributed by atoms with Gasteiger partial charge in [0.05, 0.1) is 17.5 Å². The number of carbonyl (C=O) groups excluding carboxylic acids is 2. The van der Waals surface area contributed by atoms with E-state index in [2.05, 4.69) is 23.4 Å². The molecule has 55 heavy (non-hydrogen) atoms. The molecule has 1 unspecified atom stereocenters. The molecular formula is C42H63FN8O3S. The summed E-state index contributed by atoms with van der Waals surface area (Å²) in [4.78, 5) is 43.7. The number of likely N-dealkylation sites (tertiary alicyclic amines) is 1. The second-order valence-electron chi connectivity index (χ2n) is 17.0. The fourth-order valence-corrected chi connectivity index (χ4v) is 10.1. The summed E-state index contributed by atoms with van der Waals surface area (Å²) in [6.45, 7) is 17.7. The standard InChI is InChI=1S/C42H63FN8O3S/c1-31(2)51(32(3)4)41(53)36-26-35(43)9-10-37(36)54-38-28-44-30-45-40(38)34-11-14-42(27-34)15-20-47(21-16-42)29-33-12-18-49(19-13-33)55-50-24-22-48(23-25-50)39(52)8-7-17-46(5)6/h7-10,26,28,30-34H,11-25,27,29H2,1-6H3/b8-7+. The fourth-order valence-electron chi connectivity index (χ4n) is 9.06. The number of aromatic nitrogens is 2. The normalized spacial score (nSPS) is 21.8. The second-order valence-corrected chi connectivity index (χ2v) is 18.2. The lowest BCUT2D eigenvalue weighted by Gasteiger charge is -2.42. The van der Waals surface area contributed by atoms with Crippen LogP contribution in [0.2, 0.25) is 0 Å². The van der Waals surface area contributed by atoms with Gasteiger partial charge in [-0.15, -0.1) is 0 Å². The maximum absolute atomic E-state index is 14.5. The molecule has 0 radical (unpaired) electrons. The smallest absolute Gasteiger partial charge is 0.258 e. The van der Waals surface area contributed by atoms with E-state index in [1.807, 2.05) is 64.9 Å². The van der Waals surface area contributed by atoms with Gasteiger partial charge in [-0.2, -0.15) is 0 Å². The van der Waals surface area contributed by atoms with Gasteiger partial charge in [0.25, 0.3) is 5.91 Å². The predicted molar refractivity (Wildman–Crippen MR) is 217 cm³/mol. The third kappa shape index (κ3) is 10.9. The molecule has 11 nitrogen and oxygen atoms in total. The van der Waals surface area contributed by atoms with Gasteiger partial charge < -0.3 is 24.3 Å². The first kappa shape index (κ1) is 41.5. The Balaban J connectivity index is 0.956. The molecule has 3 saturated heterocycles. The monoisotopic (exact) mass is 778 g/mol. The van der Waals surface area contributed by atoms with Crippen molar-refractivity contribution in [1.29, 1.82) is 0 Å². The minimum Gasteiger partial charge on any atom is -0.453 e. The topological polar surface area (TPSA) is 88.6 Å². The molecule has 4 fully saturated rings. The Morgan fingerprint density at radius 1 is 0.945 bits per heavy atom. The van der Waals surface area contributed by atoms with Crippen molar-refractivity contribution in [2.75, 3.05) is 79.5 Å². The molecule has 13 heteroatoms. The Hall–Kier alpha value is -3.10. The van der Waals surface area contributed by atoms with Crippen LogP contribution in [0.5, 0.6) is 11.5 Å². The van der Waals surface area contributed by atoms with Crippen LogP contribution < -0.4 is 4.74 Å². The molecule has 4 aliphatic rings. The first-order valence-electron chi connectivity index (χ1n) is 20.5. The molecular weight excluding hydrogens is 716 g/mol. The van der Waals surface area contributed by atoms with E-state index in [-0.39, 0.29) is 35.4 Å². The average molecular weight is 779 g/mol. The number of hydrogen-bond donors (Lipinski definition) is 0. The van der Waals surface area contributed by atoms with Crippen molar-refractivity contribution < 1.29 is 18.7 Å². The van der Waals surface area contributed by atoms with E-state index in [1.54, 1.807) is 29.6 Å². The summed E-state index contributed by atoms with van der Waals surface area (Å²) in [5, 5.41) is 0. The fraction of sp³-hybridized carbons (Fsp3) is 0.667. The van der Waals surface area contributed by atoms with Gasteiger partial charge in [0, 0.05) is 88.6 Å². The van der Waals surface area contributed by atoms with Crippen molar-refractivity contribution in [3.05, 3.63) is 59.9 Å². The van der Waals surface area contributed by atoms with Crippen LogP contribution in [0.1, 0.15) is 94.6 Å². The predicted octanol–water partition coefficient (Wildman–Crippen LogP) is 6.55. The zero-order valence-electron chi connectivity index (χ0n) is 34.0. The van der Waals surface area contributed by atoms with Crippen LogP contribution >= 0.6 is 12.1 Å². The summed E-state index contributed by atoms with van der Waals surface area (Å²) < 4.78 is 25.9. The van der Waals surface area contributed by atoms with Gasteiger partial charge in [0.15, 0.2) is 5.75 Å². The Morgan fingerprint density at radius 2 is 1.64 bits per heavy atom. The van der Waals surface area contributed by atoms with Gasteiger partial charge >= 0.3 is 0 Å². The molecule has 2 aromatic rings. The number of likely N-dealkylation sites (N-methyl/N-ethyl adjacent to an activating group) is 1.